The van der Waals surface area contributed by atoms with Crippen molar-refractivity contribution in [1.29, 1.82) is 0 Å². The molecule has 3 atom stereocenters. The number of aromatic nitrogens is 1. The van der Waals surface area contributed by atoms with Crippen LogP contribution in [0.5, 0.6) is 0 Å². The largest absolute Gasteiger partial charge is 0.618 e. The van der Waals surface area contributed by atoms with Gasteiger partial charge in [0.05, 0.1) is 12.6 Å². The van der Waals surface area contributed by atoms with Gasteiger partial charge in [0.25, 0.3) is 11.6 Å². The fourth-order valence-corrected chi connectivity index (χ4v) is 5.34. The minimum atomic E-state index is -0.806. The molecule has 4 rings (SSSR count). The van der Waals surface area contributed by atoms with Crippen molar-refractivity contribution in [2.75, 3.05) is 13.1 Å². The van der Waals surface area contributed by atoms with E-state index in [0.29, 0.717) is 29.7 Å². The van der Waals surface area contributed by atoms with Gasteiger partial charge < -0.3 is 20.3 Å². The molecular formula is C29H36N4O5. The predicted molar refractivity (Wildman–Crippen MR) is 141 cm³/mol. The molecule has 2 fully saturated rings. The lowest BCUT2D eigenvalue weighted by atomic mass is 9.86. The second-order valence-corrected chi connectivity index (χ2v) is 11.6. The van der Waals surface area contributed by atoms with E-state index in [1.165, 1.54) is 28.1 Å². The number of ketones is 1. The monoisotopic (exact) mass is 520 g/mol. The first-order chi connectivity index (χ1) is 17.9. The van der Waals surface area contributed by atoms with Crippen molar-refractivity contribution >= 4 is 23.5 Å². The number of fused-ring (bicyclic) bond motifs is 1. The summed E-state index contributed by atoms with van der Waals surface area (Å²) in [4.78, 5) is 55.9. The van der Waals surface area contributed by atoms with Crippen LogP contribution < -0.4 is 10.0 Å². The van der Waals surface area contributed by atoms with Crippen LogP contribution in [-0.4, -0.2) is 64.5 Å². The number of nitrogens with zero attached hydrogens (tertiary/aromatic N) is 3. The van der Waals surface area contributed by atoms with Crippen molar-refractivity contribution in [2.45, 2.75) is 71.0 Å². The van der Waals surface area contributed by atoms with Crippen molar-refractivity contribution in [1.82, 2.24) is 15.1 Å². The average molecular weight is 521 g/mol. The first-order valence-corrected chi connectivity index (χ1v) is 13.1. The summed E-state index contributed by atoms with van der Waals surface area (Å²) in [6.45, 7) is 10.4. The number of pyridine rings is 1. The Morgan fingerprint density at radius 2 is 1.76 bits per heavy atom. The van der Waals surface area contributed by atoms with Crippen molar-refractivity contribution < 1.29 is 23.9 Å². The molecule has 3 unspecified atom stereocenters. The molecule has 9 nitrogen and oxygen atoms in total. The van der Waals surface area contributed by atoms with Gasteiger partial charge in [-0.25, -0.2) is 0 Å². The predicted octanol–water partition coefficient (Wildman–Crippen LogP) is 2.46. The zero-order valence-electron chi connectivity index (χ0n) is 22.6. The molecule has 2 aliphatic heterocycles. The summed E-state index contributed by atoms with van der Waals surface area (Å²) in [6, 6.07) is 9.81. The van der Waals surface area contributed by atoms with Gasteiger partial charge >= 0.3 is 5.91 Å². The molecule has 0 bridgehead atoms. The Morgan fingerprint density at radius 3 is 2.37 bits per heavy atom. The number of rotatable bonds is 6. The molecule has 3 amide bonds. The van der Waals surface area contributed by atoms with E-state index >= 15 is 0 Å². The summed E-state index contributed by atoms with van der Waals surface area (Å²) in [5.74, 6) is -1.32. The first kappa shape index (κ1) is 27.3. The minimum Gasteiger partial charge on any atom is -0.618 e. The first-order valence-electron chi connectivity index (χ1n) is 13.1. The summed E-state index contributed by atoms with van der Waals surface area (Å²) in [5.41, 5.74) is 1.45. The number of hydrogen-bond donors (Lipinski definition) is 1. The third kappa shape index (κ3) is 5.42. The number of carbonyl (C=O) groups excluding carboxylic acids is 4. The van der Waals surface area contributed by atoms with Crippen LogP contribution in [0.2, 0.25) is 0 Å². The number of hydrogen-bond acceptors (Lipinski definition) is 5. The average Bonchev–Trinajstić information content (AvgIpc) is 3.43. The molecule has 2 aliphatic rings. The number of nitrogens with one attached hydrogen (secondary N) is 1. The van der Waals surface area contributed by atoms with Gasteiger partial charge in [0.2, 0.25) is 5.91 Å². The van der Waals surface area contributed by atoms with E-state index in [9.17, 15) is 24.4 Å². The molecule has 1 N–H and O–H groups in total. The normalized spacial score (nSPS) is 20.0. The van der Waals surface area contributed by atoms with Crippen LogP contribution in [0.25, 0.3) is 0 Å². The van der Waals surface area contributed by atoms with E-state index in [-0.39, 0.29) is 41.2 Å². The van der Waals surface area contributed by atoms with E-state index in [1.54, 1.807) is 18.2 Å². The van der Waals surface area contributed by atoms with Crippen LogP contribution in [0.4, 0.5) is 0 Å². The second-order valence-electron chi connectivity index (χ2n) is 11.6. The lowest BCUT2D eigenvalue weighted by molar-refractivity contribution is -0.608. The Bertz CT molecular complexity index is 1230. The number of benzene rings is 1. The van der Waals surface area contributed by atoms with Crippen molar-refractivity contribution in [3.8, 4) is 0 Å². The second kappa shape index (κ2) is 10.6. The summed E-state index contributed by atoms with van der Waals surface area (Å²) < 4.78 is 0.486. The van der Waals surface area contributed by atoms with Crippen LogP contribution in [0, 0.1) is 11.1 Å². The van der Waals surface area contributed by atoms with Gasteiger partial charge in [-0.3, -0.25) is 19.2 Å². The summed E-state index contributed by atoms with van der Waals surface area (Å²) in [5, 5.41) is 15.0. The van der Waals surface area contributed by atoms with Crippen LogP contribution in [-0.2, 0) is 15.0 Å². The fraction of sp³-hybridized carbons (Fsp3) is 0.483. The number of Topliss-reactive ketones (excluding diaryl/α,β-unsaturated/α-hetero) is 1. The zero-order chi connectivity index (χ0) is 27.8. The van der Waals surface area contributed by atoms with Gasteiger partial charge in [-0.15, -0.1) is 0 Å². The van der Waals surface area contributed by atoms with Gasteiger partial charge in [-0.1, -0.05) is 46.8 Å². The van der Waals surface area contributed by atoms with Gasteiger partial charge in [0.15, 0.2) is 12.0 Å². The SMILES string of the molecule is CC(C)CC(NC(=O)c1ccc(C(C)(C)C)cc1)C(=O)N1CCC2C1C(=O)CN2C(=O)c1cccc[n+]1[O-]. The van der Waals surface area contributed by atoms with Crippen molar-refractivity contribution in [2.24, 2.45) is 5.92 Å². The molecule has 0 saturated carbocycles. The molecule has 0 radical (unpaired) electrons. The quantitative estimate of drug-likeness (QED) is 0.464. The molecule has 0 spiro atoms. The molecule has 38 heavy (non-hydrogen) atoms. The zero-order valence-corrected chi connectivity index (χ0v) is 22.6. The van der Waals surface area contributed by atoms with Crippen LogP contribution >= 0.6 is 0 Å². The smallest absolute Gasteiger partial charge is 0.320 e. The molecule has 202 valence electrons. The minimum absolute atomic E-state index is 0.0466. The maximum Gasteiger partial charge on any atom is 0.320 e. The van der Waals surface area contributed by atoms with E-state index in [4.69, 9.17) is 0 Å². The Hall–Kier alpha value is -3.75. The van der Waals surface area contributed by atoms with Gasteiger partial charge in [0, 0.05) is 24.2 Å². The van der Waals surface area contributed by atoms with Crippen molar-refractivity contribution in [3.05, 3.63) is 70.7 Å². The fourth-order valence-electron chi connectivity index (χ4n) is 5.34. The Kier molecular flexibility index (Phi) is 7.58. The highest BCUT2D eigenvalue weighted by Crippen LogP contribution is 2.31. The number of carbonyl (C=O) groups is 4. The molecule has 3 heterocycles. The Labute approximate surface area is 223 Å². The third-order valence-electron chi connectivity index (χ3n) is 7.33. The third-order valence-corrected chi connectivity index (χ3v) is 7.33. The van der Waals surface area contributed by atoms with E-state index in [1.807, 2.05) is 26.0 Å². The van der Waals surface area contributed by atoms with Gasteiger partial charge in [-0.05, 0) is 47.9 Å². The highest BCUT2D eigenvalue weighted by Gasteiger charge is 2.53. The molecule has 1 aromatic carbocycles. The standard InChI is InChI=1S/C29H36N4O5/c1-18(2)16-21(30-26(35)19-9-11-20(12-10-19)29(3,4)5)27(36)31-15-13-22-25(31)24(34)17-32(22)28(37)23-8-6-7-14-33(23)38/h6-12,14,18,21-22,25H,13,15-17H2,1-5H3,(H,30,35). The van der Waals surface area contributed by atoms with Gasteiger partial charge in [0.1, 0.15) is 12.1 Å². The molecule has 2 aromatic rings. The molecule has 1 aromatic heterocycles. The molecular weight excluding hydrogens is 484 g/mol. The summed E-state index contributed by atoms with van der Waals surface area (Å²) >= 11 is 0. The Balaban J connectivity index is 1.51. The van der Waals surface area contributed by atoms with Crippen LogP contribution in [0.3, 0.4) is 0 Å². The van der Waals surface area contributed by atoms with Crippen LogP contribution in [0.15, 0.2) is 48.7 Å². The lowest BCUT2D eigenvalue weighted by Crippen LogP contribution is -2.53. The molecule has 0 aliphatic carbocycles. The molecule has 9 heteroatoms. The maximum atomic E-state index is 13.7. The Morgan fingerprint density at radius 1 is 1.08 bits per heavy atom. The highest BCUT2D eigenvalue weighted by atomic mass is 16.5. The molecule has 2 saturated heterocycles. The van der Waals surface area contributed by atoms with Crippen LogP contribution in [0.1, 0.15) is 73.9 Å². The summed E-state index contributed by atoms with van der Waals surface area (Å²) in [6.07, 6.45) is 2.08. The van der Waals surface area contributed by atoms with E-state index < -0.39 is 24.0 Å². The topological polar surface area (TPSA) is 114 Å². The van der Waals surface area contributed by atoms with Gasteiger partial charge in [-0.2, -0.15) is 4.73 Å². The summed E-state index contributed by atoms with van der Waals surface area (Å²) in [7, 11) is 0. The van der Waals surface area contributed by atoms with E-state index in [2.05, 4.69) is 26.1 Å². The maximum absolute atomic E-state index is 13.7. The highest BCUT2D eigenvalue weighted by molar-refractivity contribution is 6.02. The lowest BCUT2D eigenvalue weighted by Gasteiger charge is -2.29. The van der Waals surface area contributed by atoms with E-state index in [0.717, 1.165) is 5.56 Å². The number of likely N-dealkylation sites (tertiary alicyclic amines) is 2. The van der Waals surface area contributed by atoms with Crippen molar-refractivity contribution in [3.63, 3.8) is 0 Å². The number of amides is 3.